The summed E-state index contributed by atoms with van der Waals surface area (Å²) in [7, 11) is 0. The van der Waals surface area contributed by atoms with E-state index in [1.165, 1.54) is 11.8 Å². The summed E-state index contributed by atoms with van der Waals surface area (Å²) in [6, 6.07) is 31.8. The van der Waals surface area contributed by atoms with Gasteiger partial charge in [-0.3, -0.25) is 9.36 Å². The number of hydrogen-bond donors (Lipinski definition) is 2. The molecule has 0 aliphatic heterocycles. The molecule has 0 saturated carbocycles. The van der Waals surface area contributed by atoms with Gasteiger partial charge >= 0.3 is 0 Å². The van der Waals surface area contributed by atoms with Gasteiger partial charge in [-0.15, -0.1) is 10.2 Å². The van der Waals surface area contributed by atoms with Crippen molar-refractivity contribution >= 4 is 55.7 Å². The molecule has 36 heavy (non-hydrogen) atoms. The highest BCUT2D eigenvalue weighted by molar-refractivity contribution is 9.10. The number of benzene rings is 4. The van der Waals surface area contributed by atoms with Crippen LogP contribution >= 0.6 is 27.7 Å². The van der Waals surface area contributed by atoms with Crippen molar-refractivity contribution in [2.45, 2.75) is 18.1 Å². The monoisotopic (exact) mass is 557 g/mol. The van der Waals surface area contributed by atoms with E-state index >= 15 is 0 Å². The molecule has 8 heteroatoms. The number of nitrogens with one attached hydrogen (secondary N) is 2. The van der Waals surface area contributed by atoms with Crippen LogP contribution < -0.4 is 10.6 Å². The number of para-hydroxylation sites is 1. The molecule has 0 aliphatic carbocycles. The molecular formula is C28H24BrN5OS. The van der Waals surface area contributed by atoms with Crippen molar-refractivity contribution in [1.82, 2.24) is 14.8 Å². The van der Waals surface area contributed by atoms with Crippen LogP contribution in [0.3, 0.4) is 0 Å². The Morgan fingerprint density at radius 1 is 0.917 bits per heavy atom. The van der Waals surface area contributed by atoms with E-state index in [1.54, 1.807) is 0 Å². The molecule has 5 aromatic rings. The average molecular weight is 559 g/mol. The van der Waals surface area contributed by atoms with E-state index in [-0.39, 0.29) is 17.7 Å². The third kappa shape index (κ3) is 5.45. The minimum absolute atomic E-state index is 0.0958. The predicted octanol–water partition coefficient (Wildman–Crippen LogP) is 7.09. The molecule has 6 nitrogen and oxygen atoms in total. The van der Waals surface area contributed by atoms with Crippen LogP contribution in [-0.2, 0) is 4.79 Å². The third-order valence-electron chi connectivity index (χ3n) is 5.68. The normalized spacial score (nSPS) is 11.8. The first kappa shape index (κ1) is 24.1. The largest absolute Gasteiger partial charge is 0.375 e. The number of halogens is 1. The number of carbonyl (C=O) groups excluding carboxylic acids is 1. The van der Waals surface area contributed by atoms with Gasteiger partial charge in [-0.1, -0.05) is 82.3 Å². The molecule has 4 aromatic carbocycles. The second-order valence-corrected chi connectivity index (χ2v) is 10.1. The van der Waals surface area contributed by atoms with Crippen molar-refractivity contribution in [3.63, 3.8) is 0 Å². The van der Waals surface area contributed by atoms with Gasteiger partial charge in [0, 0.05) is 26.9 Å². The highest BCUT2D eigenvalue weighted by Crippen LogP contribution is 2.28. The third-order valence-corrected chi connectivity index (χ3v) is 7.14. The number of nitrogens with zero attached hydrogens (tertiary/aromatic N) is 3. The Hall–Kier alpha value is -3.62. The predicted molar refractivity (Wildman–Crippen MR) is 151 cm³/mol. The van der Waals surface area contributed by atoms with Crippen LogP contribution in [0.4, 0.5) is 11.4 Å². The Morgan fingerprint density at radius 2 is 1.64 bits per heavy atom. The summed E-state index contributed by atoms with van der Waals surface area (Å²) in [5.74, 6) is 0.880. The summed E-state index contributed by atoms with van der Waals surface area (Å²) >= 11 is 4.84. The summed E-state index contributed by atoms with van der Waals surface area (Å²) < 4.78 is 3.03. The van der Waals surface area contributed by atoms with E-state index in [0.29, 0.717) is 5.16 Å². The first-order chi connectivity index (χ1) is 17.6. The quantitative estimate of drug-likeness (QED) is 0.199. The fourth-order valence-electron chi connectivity index (χ4n) is 3.99. The molecule has 0 bridgehead atoms. The number of fused-ring (bicyclic) bond motifs is 1. The van der Waals surface area contributed by atoms with Gasteiger partial charge in [-0.2, -0.15) is 0 Å². The zero-order valence-corrected chi connectivity index (χ0v) is 22.0. The fraction of sp³-hybridized carbons (Fsp3) is 0.107. The summed E-state index contributed by atoms with van der Waals surface area (Å²) in [5, 5.41) is 18.2. The summed E-state index contributed by atoms with van der Waals surface area (Å²) in [4.78, 5) is 12.9. The number of rotatable bonds is 8. The van der Waals surface area contributed by atoms with Gasteiger partial charge in [0.15, 0.2) is 11.0 Å². The number of anilines is 2. The standard InChI is InChI=1S/C28H24BrN5OS/c1-19(30-22-16-14-21(29)15-17-22)27-32-33-28(34(27)23-10-3-2-4-11-23)36-18-26(35)31-25-13-7-9-20-8-5-6-12-24(20)25/h2-17,19,30H,18H2,1H3,(H,31,35)/t19-/m0/s1. The molecule has 0 radical (unpaired) electrons. The van der Waals surface area contributed by atoms with Crippen molar-refractivity contribution in [3.05, 3.63) is 107 Å². The van der Waals surface area contributed by atoms with Crippen LogP contribution in [0, 0.1) is 0 Å². The van der Waals surface area contributed by atoms with Gasteiger partial charge in [0.05, 0.1) is 11.8 Å². The van der Waals surface area contributed by atoms with Crippen molar-refractivity contribution < 1.29 is 4.79 Å². The van der Waals surface area contributed by atoms with Crippen LogP contribution in [-0.4, -0.2) is 26.4 Å². The van der Waals surface area contributed by atoms with E-state index < -0.39 is 0 Å². The average Bonchev–Trinajstić information content (AvgIpc) is 3.34. The molecule has 1 atom stereocenters. The first-order valence-corrected chi connectivity index (χ1v) is 13.3. The molecule has 1 heterocycles. The molecule has 2 N–H and O–H groups in total. The molecule has 0 saturated heterocycles. The minimum Gasteiger partial charge on any atom is -0.375 e. The van der Waals surface area contributed by atoms with E-state index in [0.717, 1.165) is 38.1 Å². The second-order valence-electron chi connectivity index (χ2n) is 8.25. The number of thioether (sulfide) groups is 1. The molecule has 5 rings (SSSR count). The maximum atomic E-state index is 12.9. The molecule has 0 spiro atoms. The lowest BCUT2D eigenvalue weighted by molar-refractivity contribution is -0.113. The second kappa shape index (κ2) is 11.0. The van der Waals surface area contributed by atoms with Crippen LogP contribution in [0.15, 0.2) is 107 Å². The topological polar surface area (TPSA) is 71.8 Å². The SMILES string of the molecule is C[C@H](Nc1ccc(Br)cc1)c1nnc(SCC(=O)Nc2cccc3ccccc23)n1-c1ccccc1. The Labute approximate surface area is 222 Å². The van der Waals surface area contributed by atoms with Gasteiger partial charge in [0.1, 0.15) is 0 Å². The molecular weight excluding hydrogens is 534 g/mol. The number of hydrogen-bond acceptors (Lipinski definition) is 5. The van der Waals surface area contributed by atoms with E-state index in [9.17, 15) is 4.79 Å². The number of amides is 1. The number of carbonyl (C=O) groups is 1. The van der Waals surface area contributed by atoms with E-state index in [1.807, 2.05) is 109 Å². The van der Waals surface area contributed by atoms with Crippen LogP contribution in [0.2, 0.25) is 0 Å². The maximum Gasteiger partial charge on any atom is 0.234 e. The number of aromatic nitrogens is 3. The molecule has 180 valence electrons. The lowest BCUT2D eigenvalue weighted by atomic mass is 10.1. The Balaban J connectivity index is 1.35. The fourth-order valence-corrected chi connectivity index (χ4v) is 5.01. The summed E-state index contributed by atoms with van der Waals surface area (Å²) in [5.41, 5.74) is 2.73. The Bertz CT molecular complexity index is 1480. The van der Waals surface area contributed by atoms with Crippen LogP contribution in [0.25, 0.3) is 16.5 Å². The highest BCUT2D eigenvalue weighted by Gasteiger charge is 2.20. The van der Waals surface area contributed by atoms with Gasteiger partial charge in [0.2, 0.25) is 5.91 Å². The summed E-state index contributed by atoms with van der Waals surface area (Å²) in [6.45, 7) is 2.05. The van der Waals surface area contributed by atoms with E-state index in [2.05, 4.69) is 36.8 Å². The van der Waals surface area contributed by atoms with Gasteiger partial charge in [0.25, 0.3) is 0 Å². The zero-order chi connectivity index (χ0) is 24.9. The van der Waals surface area contributed by atoms with E-state index in [4.69, 9.17) is 0 Å². The lowest BCUT2D eigenvalue weighted by Crippen LogP contribution is -2.16. The van der Waals surface area contributed by atoms with Crippen LogP contribution in [0.1, 0.15) is 18.8 Å². The van der Waals surface area contributed by atoms with Gasteiger partial charge in [-0.05, 0) is 54.8 Å². The Kier molecular flexibility index (Phi) is 7.34. The highest BCUT2D eigenvalue weighted by atomic mass is 79.9. The molecule has 0 unspecified atom stereocenters. The molecule has 1 amide bonds. The van der Waals surface area contributed by atoms with Crippen LogP contribution in [0.5, 0.6) is 0 Å². The smallest absolute Gasteiger partial charge is 0.234 e. The van der Waals surface area contributed by atoms with Crippen molar-refractivity contribution in [1.29, 1.82) is 0 Å². The zero-order valence-electron chi connectivity index (χ0n) is 19.6. The molecule has 0 fully saturated rings. The van der Waals surface area contributed by atoms with Gasteiger partial charge < -0.3 is 10.6 Å². The Morgan fingerprint density at radius 3 is 2.44 bits per heavy atom. The van der Waals surface area contributed by atoms with Crippen molar-refractivity contribution in [3.8, 4) is 5.69 Å². The molecule has 1 aromatic heterocycles. The maximum absolute atomic E-state index is 12.9. The first-order valence-electron chi connectivity index (χ1n) is 11.5. The minimum atomic E-state index is -0.113. The molecule has 0 aliphatic rings. The van der Waals surface area contributed by atoms with Gasteiger partial charge in [-0.25, -0.2) is 0 Å². The lowest BCUT2D eigenvalue weighted by Gasteiger charge is -2.17. The van der Waals surface area contributed by atoms with Crippen molar-refractivity contribution in [2.24, 2.45) is 0 Å². The van der Waals surface area contributed by atoms with Crippen molar-refractivity contribution in [2.75, 3.05) is 16.4 Å². The summed E-state index contributed by atoms with van der Waals surface area (Å²) in [6.07, 6.45) is 0.